The normalized spacial score (nSPS) is 12.9. The fourth-order valence-electron chi connectivity index (χ4n) is 0.535. The van der Waals surface area contributed by atoms with E-state index in [4.69, 9.17) is 5.11 Å². The highest BCUT2D eigenvalue weighted by atomic mass is 32.1. The molecule has 0 amide bonds. The molecule has 0 aliphatic rings. The van der Waals surface area contributed by atoms with E-state index in [1.807, 2.05) is 0 Å². The van der Waals surface area contributed by atoms with E-state index in [1.165, 1.54) is 6.08 Å². The largest absolute Gasteiger partial charge is 0.381 e. The van der Waals surface area contributed by atoms with Crippen LogP contribution in [-0.4, -0.2) is 20.3 Å². The van der Waals surface area contributed by atoms with Gasteiger partial charge in [0, 0.05) is 0 Å². The maximum Gasteiger partial charge on any atom is 0.213 e. The summed E-state index contributed by atoms with van der Waals surface area (Å²) < 4.78 is 0.330. The lowest BCUT2D eigenvalue weighted by molar-refractivity contribution is 0.219. The zero-order chi connectivity index (χ0) is 7.56. The van der Waals surface area contributed by atoms with E-state index in [0.717, 1.165) is 0 Å². The van der Waals surface area contributed by atoms with Gasteiger partial charge in [-0.3, -0.25) is 10.2 Å². The summed E-state index contributed by atoms with van der Waals surface area (Å²) in [6, 6.07) is 0. The van der Waals surface area contributed by atoms with Crippen molar-refractivity contribution in [1.29, 1.82) is 0 Å². The van der Waals surface area contributed by atoms with Crippen molar-refractivity contribution in [2.75, 3.05) is 0 Å². The first kappa shape index (κ1) is 7.17. The van der Waals surface area contributed by atoms with Gasteiger partial charge in [0.2, 0.25) is 4.77 Å². The van der Waals surface area contributed by atoms with E-state index in [1.54, 1.807) is 0 Å². The molecule has 0 aliphatic heterocycles. The van der Waals surface area contributed by atoms with E-state index in [2.05, 4.69) is 34.0 Å². The summed E-state index contributed by atoms with van der Waals surface area (Å²) >= 11 is 4.66. The van der Waals surface area contributed by atoms with Crippen LogP contribution in [0.3, 0.4) is 0 Å². The number of aromatic amines is 2. The van der Waals surface area contributed by atoms with Crippen LogP contribution in [0.15, 0.2) is 12.7 Å². The van der Waals surface area contributed by atoms with E-state index in [0.29, 0.717) is 10.6 Å². The molecule has 0 radical (unpaired) electrons. The first-order valence-electron chi connectivity index (χ1n) is 2.69. The average Bonchev–Trinajstić information content (AvgIpc) is 2.34. The van der Waals surface area contributed by atoms with Crippen LogP contribution in [0.1, 0.15) is 11.9 Å². The first-order chi connectivity index (χ1) is 4.74. The second kappa shape index (κ2) is 2.76. The minimum absolute atomic E-state index is 0.330. The lowest BCUT2D eigenvalue weighted by Crippen LogP contribution is -1.94. The Morgan fingerprint density at radius 1 is 1.70 bits per heavy atom. The molecule has 1 heterocycles. The monoisotopic (exact) mass is 157 g/mol. The number of hydrogen-bond acceptors (Lipinski definition) is 3. The highest BCUT2D eigenvalue weighted by molar-refractivity contribution is 7.71. The highest BCUT2D eigenvalue weighted by Crippen LogP contribution is 2.04. The van der Waals surface area contributed by atoms with Gasteiger partial charge in [-0.15, -0.1) is 6.58 Å². The number of H-pyrrole nitrogens is 2. The van der Waals surface area contributed by atoms with Crippen molar-refractivity contribution in [3.05, 3.63) is 23.3 Å². The Hall–Kier alpha value is -0.940. The molecule has 0 aromatic carbocycles. The van der Waals surface area contributed by atoms with E-state index in [9.17, 15) is 0 Å². The van der Waals surface area contributed by atoms with Crippen molar-refractivity contribution in [2.45, 2.75) is 6.10 Å². The maximum absolute atomic E-state index is 9.06. The van der Waals surface area contributed by atoms with E-state index < -0.39 is 6.10 Å². The number of hydrogen-bond donors (Lipinski definition) is 3. The molecule has 0 aliphatic carbocycles. The van der Waals surface area contributed by atoms with Crippen molar-refractivity contribution in [3.8, 4) is 0 Å². The number of aromatic nitrogens is 3. The zero-order valence-electron chi connectivity index (χ0n) is 5.16. The molecule has 5 heteroatoms. The Bertz CT molecular complexity index is 276. The molecule has 0 fully saturated rings. The molecule has 54 valence electrons. The van der Waals surface area contributed by atoms with Crippen molar-refractivity contribution < 1.29 is 5.11 Å². The highest BCUT2D eigenvalue weighted by Gasteiger charge is 2.03. The van der Waals surface area contributed by atoms with Crippen molar-refractivity contribution in [2.24, 2.45) is 0 Å². The number of rotatable bonds is 2. The number of nitrogens with one attached hydrogen (secondary N) is 2. The van der Waals surface area contributed by atoms with Gasteiger partial charge in [0.15, 0.2) is 5.82 Å². The summed E-state index contributed by atoms with van der Waals surface area (Å²) in [5.74, 6) is 0.389. The summed E-state index contributed by atoms with van der Waals surface area (Å²) in [6.07, 6.45) is 0.592. The van der Waals surface area contributed by atoms with Gasteiger partial charge in [0.05, 0.1) is 0 Å². The second-order valence-corrected chi connectivity index (χ2v) is 2.12. The third-order valence-electron chi connectivity index (χ3n) is 1.02. The molecular weight excluding hydrogens is 150 g/mol. The predicted octanol–water partition coefficient (Wildman–Crippen LogP) is 0.687. The minimum Gasteiger partial charge on any atom is -0.381 e. The quantitative estimate of drug-likeness (QED) is 0.437. The third kappa shape index (κ3) is 1.31. The Morgan fingerprint density at radius 2 is 2.40 bits per heavy atom. The van der Waals surface area contributed by atoms with E-state index >= 15 is 0 Å². The van der Waals surface area contributed by atoms with Gasteiger partial charge in [0.1, 0.15) is 6.10 Å². The van der Waals surface area contributed by atoms with Gasteiger partial charge in [-0.25, -0.2) is 4.98 Å². The number of nitrogens with zero attached hydrogens (tertiary/aromatic N) is 1. The Kier molecular flexibility index (Phi) is 1.98. The average molecular weight is 157 g/mol. The van der Waals surface area contributed by atoms with Crippen molar-refractivity contribution >= 4 is 12.2 Å². The van der Waals surface area contributed by atoms with Crippen LogP contribution in [0, 0.1) is 4.77 Å². The standard InChI is InChI=1S/C5H7N3OS/c1-2-3(9)4-6-5(10)8-7-4/h2-3,9H,1H2,(H2,6,7,8,10). The summed E-state index contributed by atoms with van der Waals surface area (Å²) in [5.41, 5.74) is 0. The van der Waals surface area contributed by atoms with Crippen LogP contribution in [0.4, 0.5) is 0 Å². The number of aliphatic hydroxyl groups is 1. The van der Waals surface area contributed by atoms with Crippen molar-refractivity contribution in [3.63, 3.8) is 0 Å². The van der Waals surface area contributed by atoms with Crippen LogP contribution in [0.25, 0.3) is 0 Å². The maximum atomic E-state index is 9.06. The molecule has 1 atom stereocenters. The lowest BCUT2D eigenvalue weighted by atomic mass is 10.3. The Labute approximate surface area is 62.6 Å². The Morgan fingerprint density at radius 3 is 2.80 bits per heavy atom. The van der Waals surface area contributed by atoms with Crippen LogP contribution < -0.4 is 0 Å². The number of aliphatic hydroxyl groups excluding tert-OH is 1. The molecule has 0 spiro atoms. The third-order valence-corrected chi connectivity index (χ3v) is 1.22. The molecule has 0 bridgehead atoms. The second-order valence-electron chi connectivity index (χ2n) is 1.73. The van der Waals surface area contributed by atoms with Gasteiger partial charge < -0.3 is 5.11 Å². The molecule has 0 saturated heterocycles. The lowest BCUT2D eigenvalue weighted by Gasteiger charge is -1.95. The minimum atomic E-state index is -0.770. The summed E-state index contributed by atoms with van der Waals surface area (Å²) in [7, 11) is 0. The smallest absolute Gasteiger partial charge is 0.213 e. The predicted molar refractivity (Wildman–Crippen MR) is 38.9 cm³/mol. The SMILES string of the molecule is C=CC(O)c1nc(=S)[nH][nH]1. The van der Waals surface area contributed by atoms with Crippen LogP contribution >= 0.6 is 12.2 Å². The molecule has 1 unspecified atom stereocenters. The first-order valence-corrected chi connectivity index (χ1v) is 3.10. The Balaban J connectivity index is 2.94. The van der Waals surface area contributed by atoms with Crippen LogP contribution in [0.2, 0.25) is 0 Å². The fraction of sp³-hybridized carbons (Fsp3) is 0.200. The molecule has 0 saturated carbocycles. The van der Waals surface area contributed by atoms with Crippen molar-refractivity contribution in [1.82, 2.24) is 15.2 Å². The summed E-state index contributed by atoms with van der Waals surface area (Å²) in [6.45, 7) is 3.39. The van der Waals surface area contributed by atoms with Gasteiger partial charge in [-0.05, 0) is 12.2 Å². The zero-order valence-corrected chi connectivity index (χ0v) is 5.98. The van der Waals surface area contributed by atoms with E-state index in [-0.39, 0.29) is 0 Å². The molecule has 1 rings (SSSR count). The molecule has 3 N–H and O–H groups in total. The molecule has 10 heavy (non-hydrogen) atoms. The molecule has 1 aromatic rings. The summed E-state index contributed by atoms with van der Waals surface area (Å²) in [4.78, 5) is 3.76. The van der Waals surface area contributed by atoms with Gasteiger partial charge in [0.25, 0.3) is 0 Å². The van der Waals surface area contributed by atoms with Crippen LogP contribution in [0.5, 0.6) is 0 Å². The fourth-order valence-corrected chi connectivity index (χ4v) is 0.684. The van der Waals surface area contributed by atoms with Gasteiger partial charge in [-0.2, -0.15) is 0 Å². The molecule has 4 nitrogen and oxygen atoms in total. The van der Waals surface area contributed by atoms with Crippen LogP contribution in [-0.2, 0) is 0 Å². The molecule has 1 aromatic heterocycles. The molecular formula is C5H7N3OS. The van der Waals surface area contributed by atoms with Gasteiger partial charge >= 0.3 is 0 Å². The topological polar surface area (TPSA) is 64.7 Å². The summed E-state index contributed by atoms with van der Waals surface area (Å²) in [5, 5.41) is 14.2. The van der Waals surface area contributed by atoms with Gasteiger partial charge in [-0.1, -0.05) is 6.08 Å².